The van der Waals surface area contributed by atoms with Crippen LogP contribution < -0.4 is 0 Å². The first-order valence-electron chi connectivity index (χ1n) is 6.15. The Kier molecular flexibility index (Phi) is 3.64. The molecule has 0 atom stereocenters. The van der Waals surface area contributed by atoms with E-state index in [1.54, 1.807) is 24.3 Å². The van der Waals surface area contributed by atoms with Gasteiger partial charge in [-0.05, 0) is 24.0 Å². The molecule has 4 heteroatoms. The largest absolute Gasteiger partial charge is 0.481 e. The first-order chi connectivity index (χ1) is 8.54. The molecule has 0 unspecified atom stereocenters. The van der Waals surface area contributed by atoms with Gasteiger partial charge in [-0.1, -0.05) is 37.1 Å². The van der Waals surface area contributed by atoms with Crippen molar-refractivity contribution in [3.8, 4) is 0 Å². The SMILES string of the molecule is O=C(O)C1(c2ccc(CC(F)F)cc2)CCCC1. The molecule has 1 aliphatic carbocycles. The van der Waals surface area contributed by atoms with Crippen LogP contribution in [0.1, 0.15) is 36.8 Å². The van der Waals surface area contributed by atoms with Gasteiger partial charge >= 0.3 is 5.97 Å². The predicted octanol–water partition coefficient (Wildman–Crippen LogP) is 3.39. The number of hydrogen-bond acceptors (Lipinski definition) is 1. The second kappa shape index (κ2) is 5.04. The summed E-state index contributed by atoms with van der Waals surface area (Å²) in [5, 5.41) is 9.41. The lowest BCUT2D eigenvalue weighted by atomic mass is 9.79. The normalized spacial score (nSPS) is 18.2. The number of carboxylic acid groups (broad SMARTS) is 1. The number of aliphatic carboxylic acids is 1. The Labute approximate surface area is 105 Å². The van der Waals surface area contributed by atoms with Gasteiger partial charge in [-0.2, -0.15) is 0 Å². The summed E-state index contributed by atoms with van der Waals surface area (Å²) in [5.41, 5.74) is 0.487. The van der Waals surface area contributed by atoms with Gasteiger partial charge in [0, 0.05) is 6.42 Å². The zero-order chi connectivity index (χ0) is 13.2. The number of hydrogen-bond donors (Lipinski definition) is 1. The molecular weight excluding hydrogens is 238 g/mol. The van der Waals surface area contributed by atoms with E-state index in [1.165, 1.54) is 0 Å². The lowest BCUT2D eigenvalue weighted by Gasteiger charge is -2.24. The molecule has 0 saturated heterocycles. The van der Waals surface area contributed by atoms with Crippen molar-refractivity contribution in [2.75, 3.05) is 0 Å². The minimum atomic E-state index is -2.37. The van der Waals surface area contributed by atoms with Gasteiger partial charge in [0.25, 0.3) is 0 Å². The molecule has 0 spiro atoms. The van der Waals surface area contributed by atoms with E-state index < -0.39 is 17.8 Å². The van der Waals surface area contributed by atoms with E-state index in [0.717, 1.165) is 18.4 Å². The summed E-state index contributed by atoms with van der Waals surface area (Å²) in [6.07, 6.45) is 0.444. The molecule has 0 heterocycles. The van der Waals surface area contributed by atoms with Crippen LogP contribution in [0.3, 0.4) is 0 Å². The summed E-state index contributed by atoms with van der Waals surface area (Å²) in [6, 6.07) is 6.61. The van der Waals surface area contributed by atoms with Gasteiger partial charge in [-0.25, -0.2) is 8.78 Å². The lowest BCUT2D eigenvalue weighted by Crippen LogP contribution is -2.32. The molecule has 0 aliphatic heterocycles. The molecule has 1 aromatic rings. The average Bonchev–Trinajstić information content (AvgIpc) is 2.79. The van der Waals surface area contributed by atoms with E-state index in [-0.39, 0.29) is 6.42 Å². The Morgan fingerprint density at radius 2 is 1.78 bits per heavy atom. The highest BCUT2D eigenvalue weighted by Gasteiger charge is 2.42. The topological polar surface area (TPSA) is 37.3 Å². The van der Waals surface area contributed by atoms with Crippen LogP contribution in [0.5, 0.6) is 0 Å². The molecule has 0 bridgehead atoms. The number of carbonyl (C=O) groups is 1. The summed E-state index contributed by atoms with van der Waals surface area (Å²) in [4.78, 5) is 11.5. The maximum Gasteiger partial charge on any atom is 0.314 e. The predicted molar refractivity (Wildman–Crippen MR) is 63.9 cm³/mol. The summed E-state index contributed by atoms with van der Waals surface area (Å²) >= 11 is 0. The molecular formula is C14H16F2O2. The summed E-state index contributed by atoms with van der Waals surface area (Å²) < 4.78 is 24.5. The summed E-state index contributed by atoms with van der Waals surface area (Å²) in [5.74, 6) is -0.804. The van der Waals surface area contributed by atoms with Crippen molar-refractivity contribution < 1.29 is 18.7 Å². The van der Waals surface area contributed by atoms with Gasteiger partial charge in [0.1, 0.15) is 0 Å². The highest BCUT2D eigenvalue weighted by Crippen LogP contribution is 2.41. The molecule has 18 heavy (non-hydrogen) atoms. The smallest absolute Gasteiger partial charge is 0.314 e. The van der Waals surface area contributed by atoms with E-state index in [4.69, 9.17) is 0 Å². The third kappa shape index (κ3) is 2.37. The maximum absolute atomic E-state index is 12.2. The van der Waals surface area contributed by atoms with E-state index in [0.29, 0.717) is 18.4 Å². The lowest BCUT2D eigenvalue weighted by molar-refractivity contribution is -0.143. The fraction of sp³-hybridized carbons (Fsp3) is 0.500. The fourth-order valence-electron chi connectivity index (χ4n) is 2.74. The van der Waals surface area contributed by atoms with Crippen molar-refractivity contribution in [2.24, 2.45) is 0 Å². The number of halogens is 2. The Hall–Kier alpha value is -1.45. The van der Waals surface area contributed by atoms with Crippen molar-refractivity contribution in [3.05, 3.63) is 35.4 Å². The Morgan fingerprint density at radius 3 is 2.22 bits per heavy atom. The van der Waals surface area contributed by atoms with Crippen molar-refractivity contribution in [1.29, 1.82) is 0 Å². The number of alkyl halides is 2. The van der Waals surface area contributed by atoms with Crippen molar-refractivity contribution >= 4 is 5.97 Å². The second-order valence-corrected chi connectivity index (χ2v) is 4.89. The number of carboxylic acids is 1. The van der Waals surface area contributed by atoms with Crippen LogP contribution in [-0.4, -0.2) is 17.5 Å². The van der Waals surface area contributed by atoms with Gasteiger partial charge in [-0.3, -0.25) is 4.79 Å². The van der Waals surface area contributed by atoms with Crippen LogP contribution in [0.15, 0.2) is 24.3 Å². The minimum absolute atomic E-state index is 0.277. The van der Waals surface area contributed by atoms with Gasteiger partial charge < -0.3 is 5.11 Å². The molecule has 2 rings (SSSR count). The Morgan fingerprint density at radius 1 is 1.22 bits per heavy atom. The van der Waals surface area contributed by atoms with Crippen LogP contribution in [0.4, 0.5) is 8.78 Å². The summed E-state index contributed by atoms with van der Waals surface area (Å²) in [7, 11) is 0. The Balaban J connectivity index is 2.25. The monoisotopic (exact) mass is 254 g/mol. The molecule has 2 nitrogen and oxygen atoms in total. The summed E-state index contributed by atoms with van der Waals surface area (Å²) in [6.45, 7) is 0. The quantitative estimate of drug-likeness (QED) is 0.894. The zero-order valence-electron chi connectivity index (χ0n) is 10.0. The van der Waals surface area contributed by atoms with Crippen LogP contribution >= 0.6 is 0 Å². The number of benzene rings is 1. The standard InChI is InChI=1S/C14H16F2O2/c15-12(16)9-10-3-5-11(6-4-10)14(13(17)18)7-1-2-8-14/h3-6,12H,1-2,7-9H2,(H,17,18). The van der Waals surface area contributed by atoms with E-state index in [1.807, 2.05) is 0 Å². The zero-order valence-corrected chi connectivity index (χ0v) is 10.0. The van der Waals surface area contributed by atoms with Crippen molar-refractivity contribution in [3.63, 3.8) is 0 Å². The molecule has 1 aliphatic rings. The molecule has 0 aromatic heterocycles. The van der Waals surface area contributed by atoms with Gasteiger partial charge in [0.05, 0.1) is 5.41 Å². The maximum atomic E-state index is 12.2. The van der Waals surface area contributed by atoms with Crippen LogP contribution in [0, 0.1) is 0 Å². The molecule has 0 amide bonds. The second-order valence-electron chi connectivity index (χ2n) is 4.89. The Bertz CT molecular complexity index is 420. The minimum Gasteiger partial charge on any atom is -0.481 e. The van der Waals surface area contributed by atoms with Crippen LogP contribution in [0.2, 0.25) is 0 Å². The van der Waals surface area contributed by atoms with Gasteiger partial charge in [0.15, 0.2) is 0 Å². The highest BCUT2D eigenvalue weighted by atomic mass is 19.3. The highest BCUT2D eigenvalue weighted by molar-refractivity contribution is 5.81. The first kappa shape index (κ1) is 13.0. The third-order valence-corrected chi connectivity index (χ3v) is 3.76. The van der Waals surface area contributed by atoms with Crippen molar-refractivity contribution in [1.82, 2.24) is 0 Å². The molecule has 1 fully saturated rings. The molecule has 1 saturated carbocycles. The van der Waals surface area contributed by atoms with Crippen LogP contribution in [0.25, 0.3) is 0 Å². The van der Waals surface area contributed by atoms with E-state index >= 15 is 0 Å². The van der Waals surface area contributed by atoms with Crippen molar-refractivity contribution in [2.45, 2.75) is 43.9 Å². The van der Waals surface area contributed by atoms with Crippen LogP contribution in [-0.2, 0) is 16.6 Å². The average molecular weight is 254 g/mol. The first-order valence-corrected chi connectivity index (χ1v) is 6.15. The van der Waals surface area contributed by atoms with Gasteiger partial charge in [-0.15, -0.1) is 0 Å². The van der Waals surface area contributed by atoms with E-state index in [2.05, 4.69) is 0 Å². The molecule has 0 radical (unpaired) electrons. The molecule has 1 N–H and O–H groups in total. The van der Waals surface area contributed by atoms with E-state index in [9.17, 15) is 18.7 Å². The number of rotatable bonds is 4. The molecule has 1 aromatic carbocycles. The van der Waals surface area contributed by atoms with Gasteiger partial charge in [0.2, 0.25) is 6.43 Å². The molecule has 98 valence electrons. The fourth-order valence-corrected chi connectivity index (χ4v) is 2.74. The third-order valence-electron chi connectivity index (χ3n) is 3.76.